The van der Waals surface area contributed by atoms with Crippen molar-refractivity contribution >= 4 is 0 Å². The summed E-state index contributed by atoms with van der Waals surface area (Å²) >= 11 is 0. The smallest absolute Gasteiger partial charge is 0.282 e. The summed E-state index contributed by atoms with van der Waals surface area (Å²) in [6, 6.07) is 0. The van der Waals surface area contributed by atoms with Gasteiger partial charge in [0.25, 0.3) is 5.97 Å². The van der Waals surface area contributed by atoms with Crippen molar-refractivity contribution in [2.24, 2.45) is 5.92 Å². The molecule has 0 aromatic heterocycles. The van der Waals surface area contributed by atoms with E-state index in [4.69, 9.17) is 23.7 Å². The van der Waals surface area contributed by atoms with Gasteiger partial charge in [0.2, 0.25) is 0 Å². The van der Waals surface area contributed by atoms with Crippen LogP contribution in [-0.4, -0.2) is 45.3 Å². The molecule has 0 rings (SSSR count). The summed E-state index contributed by atoms with van der Waals surface area (Å²) in [5.41, 5.74) is 0. The van der Waals surface area contributed by atoms with Crippen LogP contribution in [0.4, 0.5) is 0 Å². The Morgan fingerprint density at radius 3 is 1.16 bits per heavy atom. The third-order valence-corrected chi connectivity index (χ3v) is 7.38. The fourth-order valence-electron chi connectivity index (χ4n) is 5.42. The average Bonchev–Trinajstić information content (AvgIpc) is 2.90. The molecule has 0 amide bonds. The van der Waals surface area contributed by atoms with Crippen LogP contribution in [0.2, 0.25) is 0 Å². The van der Waals surface area contributed by atoms with E-state index in [0.717, 1.165) is 26.1 Å². The number of ether oxygens (including phenoxy) is 5. The Labute approximate surface area is 238 Å². The largest absolute Gasteiger partial charge is 0.353 e. The molecule has 0 heterocycles. The average molecular weight is 545 g/mol. The van der Waals surface area contributed by atoms with E-state index in [9.17, 15) is 0 Å². The van der Waals surface area contributed by atoms with Gasteiger partial charge >= 0.3 is 0 Å². The van der Waals surface area contributed by atoms with Crippen LogP contribution in [0.3, 0.4) is 0 Å². The van der Waals surface area contributed by atoms with Gasteiger partial charge in [-0.3, -0.25) is 0 Å². The maximum atomic E-state index is 6.01. The van der Waals surface area contributed by atoms with E-state index in [2.05, 4.69) is 20.8 Å². The quantitative estimate of drug-likeness (QED) is 0.0641. The molecule has 0 aliphatic heterocycles. The first kappa shape index (κ1) is 37.8. The van der Waals surface area contributed by atoms with Gasteiger partial charge < -0.3 is 23.7 Å². The fourth-order valence-corrected chi connectivity index (χ4v) is 5.42. The summed E-state index contributed by atoms with van der Waals surface area (Å²) in [6.07, 6.45) is 24.4. The fraction of sp³-hybridized carbons (Fsp3) is 1.00. The molecular weight excluding hydrogens is 476 g/mol. The lowest BCUT2D eigenvalue weighted by Crippen LogP contribution is -2.39. The van der Waals surface area contributed by atoms with E-state index < -0.39 is 5.97 Å². The predicted molar refractivity (Wildman–Crippen MR) is 162 cm³/mol. The van der Waals surface area contributed by atoms with Crippen LogP contribution in [0, 0.1) is 5.92 Å². The zero-order valence-corrected chi connectivity index (χ0v) is 26.7. The lowest BCUT2D eigenvalue weighted by Gasteiger charge is -2.32. The number of hydrogen-bond donors (Lipinski definition) is 0. The number of hydrogen-bond acceptors (Lipinski definition) is 5. The molecule has 0 radical (unpaired) electrons. The SMILES string of the molecule is CCCCCCCCCC(CCCCCCCCCCCC(OCC)(OCC)OCC)C(OCC)OCC. The first-order chi connectivity index (χ1) is 18.6. The molecule has 0 aromatic rings. The van der Waals surface area contributed by atoms with Crippen LogP contribution in [0.5, 0.6) is 0 Å². The zero-order valence-electron chi connectivity index (χ0n) is 26.7. The minimum atomic E-state index is -0.839. The minimum absolute atomic E-state index is 0.0167. The monoisotopic (exact) mass is 545 g/mol. The maximum Gasteiger partial charge on any atom is 0.282 e. The van der Waals surface area contributed by atoms with E-state index in [1.165, 1.54) is 109 Å². The van der Waals surface area contributed by atoms with Crippen molar-refractivity contribution in [2.45, 2.75) is 176 Å². The number of rotatable bonds is 31. The van der Waals surface area contributed by atoms with Crippen molar-refractivity contribution in [1.82, 2.24) is 0 Å². The highest BCUT2D eigenvalue weighted by molar-refractivity contribution is 4.66. The molecule has 0 spiro atoms. The Morgan fingerprint density at radius 2 is 0.789 bits per heavy atom. The van der Waals surface area contributed by atoms with Gasteiger partial charge in [-0.2, -0.15) is 0 Å². The Morgan fingerprint density at radius 1 is 0.421 bits per heavy atom. The van der Waals surface area contributed by atoms with Crippen molar-refractivity contribution in [1.29, 1.82) is 0 Å². The van der Waals surface area contributed by atoms with Gasteiger partial charge in [-0.1, -0.05) is 103 Å². The molecule has 38 heavy (non-hydrogen) atoms. The summed E-state index contributed by atoms with van der Waals surface area (Å²) in [6.45, 7) is 15.8. The van der Waals surface area contributed by atoms with Crippen molar-refractivity contribution in [3.8, 4) is 0 Å². The van der Waals surface area contributed by atoms with Crippen LogP contribution in [-0.2, 0) is 23.7 Å². The van der Waals surface area contributed by atoms with Crippen LogP contribution in [0.25, 0.3) is 0 Å². The Kier molecular flexibility index (Phi) is 28.2. The van der Waals surface area contributed by atoms with Gasteiger partial charge in [0.15, 0.2) is 6.29 Å². The van der Waals surface area contributed by atoms with Gasteiger partial charge in [0, 0.05) is 45.4 Å². The van der Waals surface area contributed by atoms with Gasteiger partial charge in [-0.25, -0.2) is 0 Å². The van der Waals surface area contributed by atoms with Gasteiger partial charge in [0.1, 0.15) is 0 Å². The summed E-state index contributed by atoms with van der Waals surface area (Å²) in [5, 5.41) is 0. The third kappa shape index (κ3) is 20.7. The molecule has 0 N–H and O–H groups in total. The number of unbranched alkanes of at least 4 members (excludes halogenated alkanes) is 14. The molecule has 0 saturated carbocycles. The third-order valence-electron chi connectivity index (χ3n) is 7.38. The minimum Gasteiger partial charge on any atom is -0.353 e. The maximum absolute atomic E-state index is 6.01. The van der Waals surface area contributed by atoms with Crippen molar-refractivity contribution < 1.29 is 23.7 Å². The molecule has 0 fully saturated rings. The van der Waals surface area contributed by atoms with Crippen molar-refractivity contribution in [3.05, 3.63) is 0 Å². The van der Waals surface area contributed by atoms with Crippen LogP contribution in [0.1, 0.15) is 164 Å². The highest BCUT2D eigenvalue weighted by atomic mass is 16.9. The lowest BCUT2D eigenvalue weighted by atomic mass is 9.93. The Balaban J connectivity index is 4.09. The molecule has 0 aliphatic carbocycles. The first-order valence-electron chi connectivity index (χ1n) is 16.8. The molecule has 0 aromatic carbocycles. The molecule has 0 bridgehead atoms. The standard InChI is InChI=1S/C33H68O5/c1-7-13-14-15-19-22-25-28-31(32(34-8-2)35-9-3)29-26-23-20-17-16-18-21-24-27-30-33(36-10-4,37-11-5)38-12-6/h31-32H,7-30H2,1-6H3. The summed E-state index contributed by atoms with van der Waals surface area (Å²) in [4.78, 5) is 0. The van der Waals surface area contributed by atoms with Crippen LogP contribution < -0.4 is 0 Å². The van der Waals surface area contributed by atoms with E-state index in [1.54, 1.807) is 0 Å². The van der Waals surface area contributed by atoms with E-state index in [0.29, 0.717) is 25.7 Å². The molecule has 0 aliphatic rings. The predicted octanol–water partition coefficient (Wildman–Crippen LogP) is 10.2. The van der Waals surface area contributed by atoms with E-state index in [-0.39, 0.29) is 6.29 Å². The second kappa shape index (κ2) is 28.3. The summed E-state index contributed by atoms with van der Waals surface area (Å²) < 4.78 is 29.5. The highest BCUT2D eigenvalue weighted by Crippen LogP contribution is 2.26. The lowest BCUT2D eigenvalue weighted by molar-refractivity contribution is -0.380. The first-order valence-corrected chi connectivity index (χ1v) is 16.8. The molecule has 0 saturated heterocycles. The summed E-state index contributed by atoms with van der Waals surface area (Å²) in [5.74, 6) is -0.295. The second-order valence-corrected chi connectivity index (χ2v) is 10.7. The van der Waals surface area contributed by atoms with E-state index in [1.807, 2.05) is 20.8 Å². The second-order valence-electron chi connectivity index (χ2n) is 10.7. The normalized spacial score (nSPS) is 13.0. The van der Waals surface area contributed by atoms with Crippen LogP contribution in [0.15, 0.2) is 0 Å². The van der Waals surface area contributed by atoms with Gasteiger partial charge in [0.05, 0.1) is 0 Å². The molecule has 230 valence electrons. The topological polar surface area (TPSA) is 46.2 Å². The van der Waals surface area contributed by atoms with Crippen molar-refractivity contribution in [3.63, 3.8) is 0 Å². The van der Waals surface area contributed by atoms with Crippen molar-refractivity contribution in [2.75, 3.05) is 33.0 Å². The van der Waals surface area contributed by atoms with Crippen LogP contribution >= 0.6 is 0 Å². The molecule has 5 heteroatoms. The molecule has 1 unspecified atom stereocenters. The summed E-state index contributed by atoms with van der Waals surface area (Å²) in [7, 11) is 0. The molecule has 1 atom stereocenters. The highest BCUT2D eigenvalue weighted by Gasteiger charge is 2.31. The van der Waals surface area contributed by atoms with E-state index >= 15 is 0 Å². The van der Waals surface area contributed by atoms with Gasteiger partial charge in [-0.15, -0.1) is 0 Å². The van der Waals surface area contributed by atoms with Gasteiger partial charge in [-0.05, 0) is 53.9 Å². The molecule has 5 nitrogen and oxygen atoms in total. The Hall–Kier alpha value is -0.200. The Bertz CT molecular complexity index is 436. The zero-order chi connectivity index (χ0) is 28.2. The molecular formula is C33H68O5.